The third-order valence-electron chi connectivity index (χ3n) is 2.46. The Morgan fingerprint density at radius 2 is 2.00 bits per heavy atom. The fourth-order valence-electron chi connectivity index (χ4n) is 1.42. The molecule has 0 aliphatic carbocycles. The third kappa shape index (κ3) is 3.16. The van der Waals surface area contributed by atoms with Gasteiger partial charge in [-0.25, -0.2) is 8.78 Å². The molecule has 1 aromatic carbocycles. The molecule has 100 valence electrons. The van der Waals surface area contributed by atoms with Crippen LogP contribution >= 0.6 is 0 Å². The molecule has 0 saturated carbocycles. The monoisotopic (exact) mass is 259 g/mol. The summed E-state index contributed by atoms with van der Waals surface area (Å²) in [6.07, 6.45) is 0. The lowest BCUT2D eigenvalue weighted by molar-refractivity contribution is -0.145. The van der Waals surface area contributed by atoms with Crippen LogP contribution in [0.25, 0.3) is 0 Å². The summed E-state index contributed by atoms with van der Waals surface area (Å²) in [5.41, 5.74) is -1.40. The molecule has 18 heavy (non-hydrogen) atoms. The van der Waals surface area contributed by atoms with Crippen molar-refractivity contribution in [2.75, 3.05) is 13.2 Å². The van der Waals surface area contributed by atoms with Crippen LogP contribution < -0.4 is 10.1 Å². The van der Waals surface area contributed by atoms with E-state index in [0.717, 1.165) is 12.1 Å². The SMILES string of the molecule is CCNC(C)(COc1c(F)cccc1F)C(=O)O. The van der Waals surface area contributed by atoms with Gasteiger partial charge in [0.1, 0.15) is 12.1 Å². The lowest BCUT2D eigenvalue weighted by Gasteiger charge is -2.25. The minimum Gasteiger partial charge on any atom is -0.485 e. The van der Waals surface area contributed by atoms with E-state index in [0.29, 0.717) is 6.54 Å². The maximum atomic E-state index is 13.3. The molecule has 1 atom stereocenters. The Balaban J connectivity index is 2.83. The number of ether oxygens (including phenoxy) is 1. The van der Waals surface area contributed by atoms with E-state index in [1.807, 2.05) is 0 Å². The molecular formula is C12H15F2NO3. The number of para-hydroxylation sites is 1. The molecule has 1 unspecified atom stereocenters. The first-order chi connectivity index (χ1) is 8.40. The average molecular weight is 259 g/mol. The first-order valence-corrected chi connectivity index (χ1v) is 5.46. The van der Waals surface area contributed by atoms with Crippen molar-refractivity contribution in [1.82, 2.24) is 5.32 Å². The second-order valence-electron chi connectivity index (χ2n) is 4.01. The van der Waals surface area contributed by atoms with Gasteiger partial charge in [-0.1, -0.05) is 13.0 Å². The number of benzene rings is 1. The Morgan fingerprint density at radius 3 is 2.44 bits per heavy atom. The molecule has 4 nitrogen and oxygen atoms in total. The van der Waals surface area contributed by atoms with Gasteiger partial charge in [0.25, 0.3) is 0 Å². The summed E-state index contributed by atoms with van der Waals surface area (Å²) in [5, 5.41) is 11.7. The van der Waals surface area contributed by atoms with Crippen LogP contribution in [0, 0.1) is 11.6 Å². The molecule has 0 aliphatic rings. The Labute approximate surface area is 104 Å². The van der Waals surface area contributed by atoms with Crippen molar-refractivity contribution in [1.29, 1.82) is 0 Å². The van der Waals surface area contributed by atoms with Gasteiger partial charge >= 0.3 is 5.97 Å². The highest BCUT2D eigenvalue weighted by atomic mass is 19.1. The van der Waals surface area contributed by atoms with Crippen LogP contribution in [-0.4, -0.2) is 29.8 Å². The average Bonchev–Trinajstić information content (AvgIpc) is 2.28. The van der Waals surface area contributed by atoms with Crippen LogP contribution in [0.15, 0.2) is 18.2 Å². The maximum absolute atomic E-state index is 13.3. The number of carbonyl (C=O) groups is 1. The van der Waals surface area contributed by atoms with Gasteiger partial charge in [-0.05, 0) is 25.6 Å². The van der Waals surface area contributed by atoms with Gasteiger partial charge in [0.05, 0.1) is 0 Å². The molecule has 0 bridgehead atoms. The normalized spacial score (nSPS) is 14.0. The van der Waals surface area contributed by atoms with Crippen LogP contribution in [0.4, 0.5) is 8.78 Å². The number of hydrogen-bond donors (Lipinski definition) is 2. The van der Waals surface area contributed by atoms with Gasteiger partial charge in [-0.15, -0.1) is 0 Å². The van der Waals surface area contributed by atoms with Gasteiger partial charge in [0.2, 0.25) is 0 Å². The highest BCUT2D eigenvalue weighted by Gasteiger charge is 2.33. The van der Waals surface area contributed by atoms with Gasteiger partial charge in [0, 0.05) is 0 Å². The Morgan fingerprint density at radius 1 is 1.44 bits per heavy atom. The summed E-state index contributed by atoms with van der Waals surface area (Å²) in [6, 6.07) is 3.30. The number of nitrogens with one attached hydrogen (secondary N) is 1. The number of carboxylic acids is 1. The number of hydrogen-bond acceptors (Lipinski definition) is 3. The summed E-state index contributed by atoms with van der Waals surface area (Å²) in [6.45, 7) is 3.13. The Kier molecular flexibility index (Phi) is 4.61. The van der Waals surface area contributed by atoms with E-state index in [1.54, 1.807) is 6.92 Å². The molecule has 6 heteroatoms. The number of aliphatic carboxylic acids is 1. The van der Waals surface area contributed by atoms with E-state index in [4.69, 9.17) is 9.84 Å². The second-order valence-corrected chi connectivity index (χ2v) is 4.01. The number of likely N-dealkylation sites (N-methyl/N-ethyl adjacent to an activating group) is 1. The van der Waals surface area contributed by atoms with Crippen molar-refractivity contribution in [3.05, 3.63) is 29.8 Å². The summed E-state index contributed by atoms with van der Waals surface area (Å²) >= 11 is 0. The number of carboxylic acid groups (broad SMARTS) is 1. The lowest BCUT2D eigenvalue weighted by atomic mass is 10.0. The standard InChI is InChI=1S/C12H15F2NO3/c1-3-15-12(2,11(16)17)7-18-10-8(13)5-4-6-9(10)14/h4-6,15H,3,7H2,1-2H3,(H,16,17). The van der Waals surface area contributed by atoms with E-state index in [2.05, 4.69) is 5.32 Å². The van der Waals surface area contributed by atoms with Crippen LogP contribution in [0.2, 0.25) is 0 Å². The zero-order chi connectivity index (χ0) is 13.8. The first kappa shape index (κ1) is 14.4. The first-order valence-electron chi connectivity index (χ1n) is 5.46. The maximum Gasteiger partial charge on any atom is 0.327 e. The van der Waals surface area contributed by atoms with Gasteiger partial charge in [0.15, 0.2) is 17.4 Å². The van der Waals surface area contributed by atoms with E-state index in [1.165, 1.54) is 13.0 Å². The minimum absolute atomic E-state index is 0.381. The van der Waals surface area contributed by atoms with Gasteiger partial charge < -0.3 is 9.84 Å². The molecule has 2 N–H and O–H groups in total. The van der Waals surface area contributed by atoms with E-state index < -0.39 is 28.9 Å². The van der Waals surface area contributed by atoms with Crippen LogP contribution in [0.3, 0.4) is 0 Å². The van der Waals surface area contributed by atoms with Crippen molar-refractivity contribution in [3.63, 3.8) is 0 Å². The van der Waals surface area contributed by atoms with E-state index in [-0.39, 0.29) is 6.61 Å². The van der Waals surface area contributed by atoms with Crippen LogP contribution in [-0.2, 0) is 4.79 Å². The smallest absolute Gasteiger partial charge is 0.327 e. The van der Waals surface area contributed by atoms with Crippen LogP contribution in [0.1, 0.15) is 13.8 Å². The Hall–Kier alpha value is -1.69. The molecule has 1 rings (SSSR count). The second kappa shape index (κ2) is 5.77. The zero-order valence-electron chi connectivity index (χ0n) is 10.2. The molecule has 0 aromatic heterocycles. The Bertz CT molecular complexity index is 419. The fourth-order valence-corrected chi connectivity index (χ4v) is 1.42. The molecule has 0 radical (unpaired) electrons. The van der Waals surface area contributed by atoms with E-state index >= 15 is 0 Å². The quantitative estimate of drug-likeness (QED) is 0.817. The topological polar surface area (TPSA) is 58.6 Å². The summed E-state index contributed by atoms with van der Waals surface area (Å²) in [7, 11) is 0. The van der Waals surface area contributed by atoms with Crippen LogP contribution in [0.5, 0.6) is 5.75 Å². The molecule has 1 aromatic rings. The predicted molar refractivity (Wildman–Crippen MR) is 61.6 cm³/mol. The van der Waals surface area contributed by atoms with E-state index in [9.17, 15) is 13.6 Å². The van der Waals surface area contributed by atoms with Gasteiger partial charge in [-0.3, -0.25) is 10.1 Å². The summed E-state index contributed by atoms with van der Waals surface area (Å²) in [4.78, 5) is 11.1. The molecule has 0 fully saturated rings. The number of halogens is 2. The minimum atomic E-state index is -1.40. The van der Waals surface area contributed by atoms with Crippen molar-refractivity contribution in [2.24, 2.45) is 0 Å². The van der Waals surface area contributed by atoms with Crippen molar-refractivity contribution in [2.45, 2.75) is 19.4 Å². The largest absolute Gasteiger partial charge is 0.485 e. The predicted octanol–water partition coefficient (Wildman–Crippen LogP) is 1.80. The lowest BCUT2D eigenvalue weighted by Crippen LogP contribution is -2.53. The van der Waals surface area contributed by atoms with Gasteiger partial charge in [-0.2, -0.15) is 0 Å². The zero-order valence-corrected chi connectivity index (χ0v) is 10.2. The van der Waals surface area contributed by atoms with Crippen molar-refractivity contribution >= 4 is 5.97 Å². The number of rotatable bonds is 6. The summed E-state index contributed by atoms with van der Waals surface area (Å²) in [5.74, 6) is -3.44. The highest BCUT2D eigenvalue weighted by molar-refractivity contribution is 5.78. The van der Waals surface area contributed by atoms with Crippen molar-refractivity contribution < 1.29 is 23.4 Å². The molecule has 0 heterocycles. The highest BCUT2D eigenvalue weighted by Crippen LogP contribution is 2.22. The summed E-state index contributed by atoms with van der Waals surface area (Å²) < 4.78 is 31.5. The van der Waals surface area contributed by atoms with Crippen molar-refractivity contribution in [3.8, 4) is 5.75 Å². The molecular weight excluding hydrogens is 244 g/mol. The molecule has 0 amide bonds. The molecule has 0 aliphatic heterocycles. The fraction of sp³-hybridized carbons (Fsp3) is 0.417. The third-order valence-corrected chi connectivity index (χ3v) is 2.46. The molecule has 0 saturated heterocycles. The molecule has 0 spiro atoms.